The summed E-state index contributed by atoms with van der Waals surface area (Å²) in [6.07, 6.45) is 5.63. The van der Waals surface area contributed by atoms with E-state index in [2.05, 4.69) is 17.2 Å². The predicted octanol–water partition coefficient (Wildman–Crippen LogP) is 2.26. The lowest BCUT2D eigenvalue weighted by Gasteiger charge is -2.18. The summed E-state index contributed by atoms with van der Waals surface area (Å²) in [6.45, 7) is 2.28. The minimum atomic E-state index is 0.548. The monoisotopic (exact) mass is 191 g/mol. The van der Waals surface area contributed by atoms with E-state index < -0.39 is 0 Å². The minimum absolute atomic E-state index is 0.548. The number of nitrogens with two attached hydrogens (primary N) is 1. The molecular formula is C11H17N3. The molecule has 0 radical (unpaired) electrons. The van der Waals surface area contributed by atoms with Crippen molar-refractivity contribution in [2.75, 3.05) is 11.1 Å². The van der Waals surface area contributed by atoms with Gasteiger partial charge in [-0.15, -0.1) is 0 Å². The highest BCUT2D eigenvalue weighted by atomic mass is 15.0. The van der Waals surface area contributed by atoms with Crippen LogP contribution in [0.15, 0.2) is 18.3 Å². The first-order valence-corrected chi connectivity index (χ1v) is 5.24. The van der Waals surface area contributed by atoms with E-state index in [4.69, 9.17) is 5.73 Å². The Kier molecular flexibility index (Phi) is 2.57. The van der Waals surface area contributed by atoms with Gasteiger partial charge in [0.15, 0.2) is 0 Å². The Morgan fingerprint density at radius 3 is 3.00 bits per heavy atom. The first-order valence-electron chi connectivity index (χ1n) is 5.24. The van der Waals surface area contributed by atoms with Gasteiger partial charge >= 0.3 is 0 Å². The molecule has 0 saturated heterocycles. The normalized spacial score (nSPS) is 26.4. The van der Waals surface area contributed by atoms with E-state index >= 15 is 0 Å². The molecule has 14 heavy (non-hydrogen) atoms. The van der Waals surface area contributed by atoms with Gasteiger partial charge in [0.1, 0.15) is 5.82 Å². The Bertz CT molecular complexity index is 311. The molecule has 3 N–H and O–H groups in total. The predicted molar refractivity (Wildman–Crippen MR) is 59.1 cm³/mol. The summed E-state index contributed by atoms with van der Waals surface area (Å²) >= 11 is 0. The number of anilines is 2. The largest absolute Gasteiger partial charge is 0.396 e. The van der Waals surface area contributed by atoms with Gasteiger partial charge in [0.2, 0.25) is 0 Å². The van der Waals surface area contributed by atoms with Crippen LogP contribution in [-0.4, -0.2) is 11.0 Å². The van der Waals surface area contributed by atoms with E-state index in [0.29, 0.717) is 6.04 Å². The van der Waals surface area contributed by atoms with Crippen LogP contribution in [0.4, 0.5) is 11.5 Å². The Labute approximate surface area is 84.7 Å². The number of nitrogen functional groups attached to an aromatic ring is 1. The van der Waals surface area contributed by atoms with E-state index in [0.717, 1.165) is 17.4 Å². The summed E-state index contributed by atoms with van der Waals surface area (Å²) in [5.41, 5.74) is 6.56. The molecule has 0 spiro atoms. The van der Waals surface area contributed by atoms with E-state index in [1.807, 2.05) is 12.1 Å². The Balaban J connectivity index is 2.07. The molecule has 1 aliphatic rings. The lowest BCUT2D eigenvalue weighted by Crippen LogP contribution is -2.23. The Morgan fingerprint density at radius 1 is 1.50 bits per heavy atom. The van der Waals surface area contributed by atoms with E-state index in [1.54, 1.807) is 6.20 Å². The van der Waals surface area contributed by atoms with Gasteiger partial charge in [0.05, 0.1) is 5.69 Å². The van der Waals surface area contributed by atoms with Crippen LogP contribution in [0.5, 0.6) is 0 Å². The van der Waals surface area contributed by atoms with Crippen LogP contribution in [0.25, 0.3) is 0 Å². The molecule has 1 heterocycles. The van der Waals surface area contributed by atoms with Crippen LogP contribution in [0.2, 0.25) is 0 Å². The van der Waals surface area contributed by atoms with Crippen LogP contribution in [0.3, 0.4) is 0 Å². The summed E-state index contributed by atoms with van der Waals surface area (Å²) in [7, 11) is 0. The summed E-state index contributed by atoms with van der Waals surface area (Å²) in [5, 5.41) is 3.42. The summed E-state index contributed by atoms with van der Waals surface area (Å²) in [4.78, 5) is 4.24. The average molecular weight is 191 g/mol. The first-order chi connectivity index (χ1) is 6.77. The molecule has 2 atom stereocenters. The van der Waals surface area contributed by atoms with E-state index in [1.165, 1.54) is 19.3 Å². The fraction of sp³-hybridized carbons (Fsp3) is 0.545. The van der Waals surface area contributed by atoms with Crippen molar-refractivity contribution in [1.82, 2.24) is 4.98 Å². The molecule has 3 heteroatoms. The van der Waals surface area contributed by atoms with Crippen molar-refractivity contribution < 1.29 is 0 Å². The minimum Gasteiger partial charge on any atom is -0.396 e. The number of nitrogens with zero attached hydrogens (tertiary/aromatic N) is 1. The zero-order chi connectivity index (χ0) is 9.97. The number of aromatic nitrogens is 1. The molecule has 3 nitrogen and oxygen atoms in total. The zero-order valence-corrected chi connectivity index (χ0v) is 8.53. The standard InChI is InChI=1S/C11H17N3/c1-8-4-2-6-10(8)14-11-9(12)5-3-7-13-11/h3,5,7-8,10H,2,4,6,12H2,1H3,(H,13,14). The number of pyridine rings is 1. The molecule has 0 aliphatic heterocycles. The smallest absolute Gasteiger partial charge is 0.149 e. The zero-order valence-electron chi connectivity index (χ0n) is 8.53. The van der Waals surface area contributed by atoms with Crippen LogP contribution in [0.1, 0.15) is 26.2 Å². The van der Waals surface area contributed by atoms with Gasteiger partial charge in [-0.3, -0.25) is 0 Å². The van der Waals surface area contributed by atoms with Crippen molar-refractivity contribution in [2.45, 2.75) is 32.2 Å². The van der Waals surface area contributed by atoms with Gasteiger partial charge in [0, 0.05) is 12.2 Å². The highest BCUT2D eigenvalue weighted by Crippen LogP contribution is 2.28. The second kappa shape index (κ2) is 3.86. The quantitative estimate of drug-likeness (QED) is 0.754. The van der Waals surface area contributed by atoms with Crippen molar-refractivity contribution in [3.8, 4) is 0 Å². The molecular weight excluding hydrogens is 174 g/mol. The third-order valence-electron chi connectivity index (χ3n) is 3.02. The number of hydrogen-bond acceptors (Lipinski definition) is 3. The highest BCUT2D eigenvalue weighted by Gasteiger charge is 2.23. The lowest BCUT2D eigenvalue weighted by atomic mass is 10.1. The summed E-state index contributed by atoms with van der Waals surface area (Å²) < 4.78 is 0. The second-order valence-corrected chi connectivity index (χ2v) is 4.10. The van der Waals surface area contributed by atoms with Crippen LogP contribution in [0, 0.1) is 5.92 Å². The van der Waals surface area contributed by atoms with Gasteiger partial charge in [-0.1, -0.05) is 13.3 Å². The maximum absolute atomic E-state index is 5.82. The molecule has 76 valence electrons. The average Bonchev–Trinajstić information content (AvgIpc) is 2.56. The summed E-state index contributed by atoms with van der Waals surface area (Å²) in [5.74, 6) is 1.57. The molecule has 2 unspecified atom stereocenters. The molecule has 0 aromatic carbocycles. The lowest BCUT2D eigenvalue weighted by molar-refractivity contribution is 0.555. The maximum atomic E-state index is 5.82. The van der Waals surface area contributed by atoms with Gasteiger partial charge in [-0.05, 0) is 30.9 Å². The van der Waals surface area contributed by atoms with E-state index in [9.17, 15) is 0 Å². The molecule has 1 saturated carbocycles. The summed E-state index contributed by atoms with van der Waals surface area (Å²) in [6, 6.07) is 4.29. The molecule has 0 bridgehead atoms. The molecule has 1 aliphatic carbocycles. The van der Waals surface area contributed by atoms with Crippen molar-refractivity contribution >= 4 is 11.5 Å². The molecule has 1 fully saturated rings. The number of hydrogen-bond donors (Lipinski definition) is 2. The third-order valence-corrected chi connectivity index (χ3v) is 3.02. The Morgan fingerprint density at radius 2 is 2.36 bits per heavy atom. The van der Waals surface area contributed by atoms with E-state index in [-0.39, 0.29) is 0 Å². The van der Waals surface area contributed by atoms with Crippen molar-refractivity contribution in [2.24, 2.45) is 5.92 Å². The molecule has 1 aromatic rings. The van der Waals surface area contributed by atoms with Gasteiger partial charge in [-0.2, -0.15) is 0 Å². The van der Waals surface area contributed by atoms with Crippen molar-refractivity contribution in [3.05, 3.63) is 18.3 Å². The van der Waals surface area contributed by atoms with Crippen molar-refractivity contribution in [1.29, 1.82) is 0 Å². The fourth-order valence-corrected chi connectivity index (χ4v) is 2.07. The van der Waals surface area contributed by atoms with Crippen molar-refractivity contribution in [3.63, 3.8) is 0 Å². The molecule has 2 rings (SSSR count). The van der Waals surface area contributed by atoms with Gasteiger partial charge in [-0.25, -0.2) is 4.98 Å². The molecule has 0 amide bonds. The second-order valence-electron chi connectivity index (χ2n) is 4.10. The molecule has 1 aromatic heterocycles. The van der Waals surface area contributed by atoms with Gasteiger partial charge < -0.3 is 11.1 Å². The SMILES string of the molecule is CC1CCCC1Nc1ncccc1N. The topological polar surface area (TPSA) is 50.9 Å². The van der Waals surface area contributed by atoms with Crippen LogP contribution in [-0.2, 0) is 0 Å². The number of nitrogens with one attached hydrogen (secondary N) is 1. The Hall–Kier alpha value is -1.25. The van der Waals surface area contributed by atoms with Crippen LogP contribution >= 0.6 is 0 Å². The van der Waals surface area contributed by atoms with Gasteiger partial charge in [0.25, 0.3) is 0 Å². The third kappa shape index (κ3) is 1.81. The number of rotatable bonds is 2. The highest BCUT2D eigenvalue weighted by molar-refractivity contribution is 5.60. The van der Waals surface area contributed by atoms with Crippen LogP contribution < -0.4 is 11.1 Å². The first kappa shape index (κ1) is 9.31. The fourth-order valence-electron chi connectivity index (χ4n) is 2.07. The maximum Gasteiger partial charge on any atom is 0.149 e.